The van der Waals surface area contributed by atoms with Crippen LogP contribution in [0.5, 0.6) is 0 Å². The molecule has 20 heavy (non-hydrogen) atoms. The Morgan fingerprint density at radius 2 is 1.90 bits per heavy atom. The summed E-state index contributed by atoms with van der Waals surface area (Å²) < 4.78 is 14.0. The summed E-state index contributed by atoms with van der Waals surface area (Å²) in [4.78, 5) is 0. The second-order valence-corrected chi connectivity index (χ2v) is 6.88. The van der Waals surface area contributed by atoms with Crippen LogP contribution in [0.2, 0.25) is 5.02 Å². The molecule has 1 aliphatic rings. The molecule has 1 saturated carbocycles. The fourth-order valence-electron chi connectivity index (χ4n) is 3.79. The smallest absolute Gasteiger partial charge is 0.127 e. The van der Waals surface area contributed by atoms with Crippen LogP contribution >= 0.6 is 11.6 Å². The molecule has 112 valence electrons. The average molecular weight is 298 g/mol. The third kappa shape index (κ3) is 3.73. The highest BCUT2D eigenvalue weighted by atomic mass is 35.5. The van der Waals surface area contributed by atoms with E-state index in [-0.39, 0.29) is 5.82 Å². The molecule has 0 aliphatic heterocycles. The van der Waals surface area contributed by atoms with Gasteiger partial charge in [0.15, 0.2) is 0 Å². The maximum Gasteiger partial charge on any atom is 0.127 e. The minimum atomic E-state index is -0.186. The van der Waals surface area contributed by atoms with Crippen molar-refractivity contribution in [3.63, 3.8) is 0 Å². The molecule has 1 aromatic carbocycles. The fourth-order valence-corrected chi connectivity index (χ4v) is 4.03. The van der Waals surface area contributed by atoms with Crippen LogP contribution < -0.4 is 5.32 Å². The second kappa shape index (κ2) is 6.91. The van der Waals surface area contributed by atoms with Crippen LogP contribution in [-0.2, 0) is 6.42 Å². The molecule has 0 amide bonds. The number of hydrogen-bond acceptors (Lipinski definition) is 1. The molecule has 0 aromatic heterocycles. The van der Waals surface area contributed by atoms with Crippen LogP contribution in [0.25, 0.3) is 0 Å². The van der Waals surface area contributed by atoms with Crippen molar-refractivity contribution in [2.75, 3.05) is 7.05 Å². The second-order valence-electron chi connectivity index (χ2n) is 6.48. The molecule has 0 heterocycles. The topological polar surface area (TPSA) is 12.0 Å². The van der Waals surface area contributed by atoms with Crippen molar-refractivity contribution >= 4 is 11.6 Å². The van der Waals surface area contributed by atoms with Crippen LogP contribution in [0.15, 0.2) is 18.2 Å². The van der Waals surface area contributed by atoms with Gasteiger partial charge in [-0.05, 0) is 62.6 Å². The Bertz CT molecular complexity index is 418. The van der Waals surface area contributed by atoms with E-state index in [0.29, 0.717) is 29.0 Å². The van der Waals surface area contributed by atoms with Crippen molar-refractivity contribution in [2.24, 2.45) is 17.8 Å². The van der Waals surface area contributed by atoms with Gasteiger partial charge in [-0.15, -0.1) is 0 Å². The van der Waals surface area contributed by atoms with Crippen molar-refractivity contribution in [1.82, 2.24) is 5.32 Å². The van der Waals surface area contributed by atoms with Gasteiger partial charge in [0.1, 0.15) is 5.82 Å². The van der Waals surface area contributed by atoms with Crippen LogP contribution in [0.1, 0.15) is 38.7 Å². The first-order valence-electron chi connectivity index (χ1n) is 7.61. The van der Waals surface area contributed by atoms with E-state index in [1.54, 1.807) is 12.1 Å². The van der Waals surface area contributed by atoms with E-state index >= 15 is 0 Å². The monoisotopic (exact) mass is 297 g/mol. The number of halogens is 2. The third-order valence-corrected chi connectivity index (χ3v) is 4.99. The molecule has 3 heteroatoms. The molecule has 0 bridgehead atoms. The fraction of sp³-hybridized carbons (Fsp3) is 0.647. The molecule has 0 radical (unpaired) electrons. The summed E-state index contributed by atoms with van der Waals surface area (Å²) in [5.74, 6) is 1.94. The Morgan fingerprint density at radius 1 is 1.25 bits per heavy atom. The first-order chi connectivity index (χ1) is 9.51. The Labute approximate surface area is 126 Å². The van der Waals surface area contributed by atoms with E-state index in [9.17, 15) is 4.39 Å². The molecule has 1 aliphatic carbocycles. The van der Waals surface area contributed by atoms with E-state index in [1.165, 1.54) is 25.3 Å². The molecular weight excluding hydrogens is 273 g/mol. The summed E-state index contributed by atoms with van der Waals surface area (Å²) in [6, 6.07) is 5.24. The normalized spacial score (nSPS) is 28.4. The zero-order chi connectivity index (χ0) is 14.7. The third-order valence-electron chi connectivity index (χ3n) is 4.64. The standard InChI is InChI=1S/C17H25ClFN/c1-11-7-12(2)9-13(8-11)17(20-3)10-14-15(18)5-4-6-16(14)19/h4-6,11-13,17,20H,7-10H2,1-3H3. The number of likely N-dealkylation sites (N-methyl/N-ethyl adjacent to an activating group) is 1. The largest absolute Gasteiger partial charge is 0.316 e. The summed E-state index contributed by atoms with van der Waals surface area (Å²) in [5.41, 5.74) is 0.652. The Kier molecular flexibility index (Phi) is 5.45. The van der Waals surface area contributed by atoms with E-state index in [4.69, 9.17) is 11.6 Å². The summed E-state index contributed by atoms with van der Waals surface area (Å²) in [6.45, 7) is 4.65. The van der Waals surface area contributed by atoms with E-state index in [0.717, 1.165) is 11.8 Å². The highest BCUT2D eigenvalue weighted by molar-refractivity contribution is 6.31. The summed E-state index contributed by atoms with van der Waals surface area (Å²) in [5, 5.41) is 3.93. The van der Waals surface area contributed by atoms with Crippen molar-refractivity contribution < 1.29 is 4.39 Å². The maximum absolute atomic E-state index is 14.0. The highest BCUT2D eigenvalue weighted by Crippen LogP contribution is 2.36. The van der Waals surface area contributed by atoms with Crippen LogP contribution in [0.4, 0.5) is 4.39 Å². The number of nitrogens with one attached hydrogen (secondary N) is 1. The van der Waals surface area contributed by atoms with Crippen LogP contribution in [0.3, 0.4) is 0 Å². The van der Waals surface area contributed by atoms with Gasteiger partial charge in [-0.1, -0.05) is 31.5 Å². The molecule has 1 N–H and O–H groups in total. The van der Waals surface area contributed by atoms with Gasteiger partial charge in [-0.25, -0.2) is 4.39 Å². The van der Waals surface area contributed by atoms with E-state index in [2.05, 4.69) is 19.2 Å². The SMILES string of the molecule is CNC(Cc1c(F)cccc1Cl)C1CC(C)CC(C)C1. The number of benzene rings is 1. The van der Waals surface area contributed by atoms with E-state index < -0.39 is 0 Å². The molecule has 3 unspecified atom stereocenters. The summed E-state index contributed by atoms with van der Waals surface area (Å²) in [6.07, 6.45) is 4.43. The molecule has 1 aromatic rings. The van der Waals surface area contributed by atoms with Crippen molar-refractivity contribution in [3.05, 3.63) is 34.6 Å². The van der Waals surface area contributed by atoms with Crippen LogP contribution in [0, 0.1) is 23.6 Å². The quantitative estimate of drug-likeness (QED) is 0.851. The molecule has 2 rings (SSSR count). The Balaban J connectivity index is 2.12. The van der Waals surface area contributed by atoms with Gasteiger partial charge in [0.25, 0.3) is 0 Å². The van der Waals surface area contributed by atoms with Gasteiger partial charge in [0.05, 0.1) is 0 Å². The van der Waals surface area contributed by atoms with Gasteiger partial charge in [-0.3, -0.25) is 0 Å². The van der Waals surface area contributed by atoms with Gasteiger partial charge in [0, 0.05) is 16.6 Å². The minimum Gasteiger partial charge on any atom is -0.316 e. The average Bonchev–Trinajstić information content (AvgIpc) is 2.37. The van der Waals surface area contributed by atoms with Gasteiger partial charge in [0.2, 0.25) is 0 Å². The lowest BCUT2D eigenvalue weighted by Crippen LogP contribution is -2.39. The number of rotatable bonds is 4. The summed E-state index contributed by atoms with van der Waals surface area (Å²) in [7, 11) is 1.98. The predicted octanol–water partition coefficient (Wildman–Crippen LogP) is 4.68. The molecule has 1 fully saturated rings. The molecule has 0 spiro atoms. The first kappa shape index (κ1) is 15.8. The zero-order valence-corrected chi connectivity index (χ0v) is 13.4. The van der Waals surface area contributed by atoms with E-state index in [1.807, 2.05) is 7.05 Å². The Morgan fingerprint density at radius 3 is 2.45 bits per heavy atom. The Hall–Kier alpha value is -0.600. The van der Waals surface area contributed by atoms with Gasteiger partial charge < -0.3 is 5.32 Å². The van der Waals surface area contributed by atoms with Gasteiger partial charge in [-0.2, -0.15) is 0 Å². The lowest BCUT2D eigenvalue weighted by molar-refractivity contribution is 0.179. The maximum atomic E-state index is 14.0. The molecule has 1 nitrogen and oxygen atoms in total. The van der Waals surface area contributed by atoms with Crippen LogP contribution in [-0.4, -0.2) is 13.1 Å². The lowest BCUT2D eigenvalue weighted by atomic mass is 9.72. The van der Waals surface area contributed by atoms with Crippen molar-refractivity contribution in [1.29, 1.82) is 0 Å². The first-order valence-corrected chi connectivity index (χ1v) is 7.99. The van der Waals surface area contributed by atoms with Gasteiger partial charge >= 0.3 is 0 Å². The molecule has 0 saturated heterocycles. The summed E-state index contributed by atoms with van der Waals surface area (Å²) >= 11 is 6.16. The highest BCUT2D eigenvalue weighted by Gasteiger charge is 2.30. The minimum absolute atomic E-state index is 0.186. The predicted molar refractivity (Wildman–Crippen MR) is 83.6 cm³/mol. The molecular formula is C17H25ClFN. The lowest BCUT2D eigenvalue weighted by Gasteiger charge is -2.36. The zero-order valence-electron chi connectivity index (χ0n) is 12.6. The molecule has 3 atom stereocenters. The van der Waals surface area contributed by atoms with Crippen molar-refractivity contribution in [3.8, 4) is 0 Å². The number of hydrogen-bond donors (Lipinski definition) is 1. The van der Waals surface area contributed by atoms with Crippen molar-refractivity contribution in [2.45, 2.75) is 45.6 Å².